The second-order valence-electron chi connectivity index (χ2n) is 3.94. The molecule has 0 fully saturated rings. The Morgan fingerprint density at radius 2 is 2.05 bits per heavy atom. The van der Waals surface area contributed by atoms with Gasteiger partial charge in [-0.15, -0.1) is 0 Å². The van der Waals surface area contributed by atoms with Crippen molar-refractivity contribution < 1.29 is 14.3 Å². The summed E-state index contributed by atoms with van der Waals surface area (Å²) in [5.41, 5.74) is 7.19. The molecule has 0 aliphatic carbocycles. The van der Waals surface area contributed by atoms with Gasteiger partial charge < -0.3 is 21.1 Å². The van der Waals surface area contributed by atoms with Crippen LogP contribution >= 0.6 is 0 Å². The first-order valence-electron chi connectivity index (χ1n) is 6.09. The molecule has 19 heavy (non-hydrogen) atoms. The summed E-state index contributed by atoms with van der Waals surface area (Å²) < 4.78 is 4.96. The summed E-state index contributed by atoms with van der Waals surface area (Å²) in [6.07, 6.45) is 0. The third kappa shape index (κ3) is 4.87. The second kappa shape index (κ2) is 7.25. The van der Waals surface area contributed by atoms with Gasteiger partial charge in [-0.1, -0.05) is 0 Å². The Hall–Kier alpha value is -2.24. The minimum absolute atomic E-state index is 0.0928. The van der Waals surface area contributed by atoms with Gasteiger partial charge in [-0.3, -0.25) is 4.79 Å². The van der Waals surface area contributed by atoms with Gasteiger partial charge in [0.2, 0.25) is 5.91 Å². The summed E-state index contributed by atoms with van der Waals surface area (Å²) in [5.74, 6) is -0.512. The average molecular weight is 265 g/mol. The van der Waals surface area contributed by atoms with Crippen molar-refractivity contribution in [3.05, 3.63) is 23.8 Å². The van der Waals surface area contributed by atoms with E-state index in [1.54, 1.807) is 25.1 Å². The molecule has 1 aromatic carbocycles. The standard InChI is InChI=1S/C13H19N3O3/c1-3-19-13(18)11-8-10(14)4-5-12(11)16-7-6-15-9(2)17/h4-5,8,16H,3,6-7,14H2,1-2H3,(H,15,17). The minimum Gasteiger partial charge on any atom is -0.462 e. The van der Waals surface area contributed by atoms with E-state index in [0.717, 1.165) is 0 Å². The van der Waals surface area contributed by atoms with Crippen molar-refractivity contribution in [2.24, 2.45) is 0 Å². The van der Waals surface area contributed by atoms with Crippen LogP contribution in [-0.2, 0) is 9.53 Å². The van der Waals surface area contributed by atoms with E-state index in [9.17, 15) is 9.59 Å². The topological polar surface area (TPSA) is 93.4 Å². The summed E-state index contributed by atoms with van der Waals surface area (Å²) in [4.78, 5) is 22.5. The number of ether oxygens (including phenoxy) is 1. The molecule has 6 heteroatoms. The first-order chi connectivity index (χ1) is 9.04. The molecule has 0 spiro atoms. The van der Waals surface area contributed by atoms with Crippen LogP contribution in [0, 0.1) is 0 Å². The molecule has 0 unspecified atom stereocenters. The lowest BCUT2D eigenvalue weighted by Crippen LogP contribution is -2.26. The Morgan fingerprint density at radius 3 is 2.68 bits per heavy atom. The Kier molecular flexibility index (Phi) is 5.66. The Labute approximate surface area is 112 Å². The van der Waals surface area contributed by atoms with Gasteiger partial charge in [-0.25, -0.2) is 4.79 Å². The second-order valence-corrected chi connectivity index (χ2v) is 3.94. The van der Waals surface area contributed by atoms with E-state index in [1.807, 2.05) is 0 Å². The van der Waals surface area contributed by atoms with Crippen LogP contribution in [-0.4, -0.2) is 31.6 Å². The zero-order valence-electron chi connectivity index (χ0n) is 11.2. The molecule has 0 aliphatic heterocycles. The lowest BCUT2D eigenvalue weighted by Gasteiger charge is -2.12. The van der Waals surface area contributed by atoms with E-state index in [0.29, 0.717) is 36.6 Å². The van der Waals surface area contributed by atoms with E-state index in [4.69, 9.17) is 10.5 Å². The number of amides is 1. The molecular formula is C13H19N3O3. The summed E-state index contributed by atoms with van der Waals surface area (Å²) in [5, 5.41) is 5.72. The van der Waals surface area contributed by atoms with Crippen LogP contribution in [0.5, 0.6) is 0 Å². The highest BCUT2D eigenvalue weighted by Crippen LogP contribution is 2.19. The molecule has 1 aromatic rings. The zero-order valence-corrected chi connectivity index (χ0v) is 11.2. The fourth-order valence-electron chi connectivity index (χ4n) is 1.53. The highest BCUT2D eigenvalue weighted by Gasteiger charge is 2.12. The third-order valence-corrected chi connectivity index (χ3v) is 2.35. The van der Waals surface area contributed by atoms with E-state index in [1.165, 1.54) is 6.92 Å². The number of nitrogens with two attached hydrogens (primary N) is 1. The molecule has 0 atom stereocenters. The monoisotopic (exact) mass is 265 g/mol. The summed E-state index contributed by atoms with van der Waals surface area (Å²) in [6.45, 7) is 4.48. The van der Waals surface area contributed by atoms with Crippen molar-refractivity contribution in [2.75, 3.05) is 30.7 Å². The maximum atomic E-state index is 11.8. The van der Waals surface area contributed by atoms with Crippen molar-refractivity contribution >= 4 is 23.3 Å². The number of hydrogen-bond acceptors (Lipinski definition) is 5. The third-order valence-electron chi connectivity index (χ3n) is 2.35. The first kappa shape index (κ1) is 14.8. The van der Waals surface area contributed by atoms with Crippen molar-refractivity contribution in [3.8, 4) is 0 Å². The molecule has 0 saturated carbocycles. The average Bonchev–Trinajstić information content (AvgIpc) is 2.36. The fraction of sp³-hybridized carbons (Fsp3) is 0.385. The number of carbonyl (C=O) groups is 2. The van der Waals surface area contributed by atoms with Gasteiger partial charge in [-0.2, -0.15) is 0 Å². The highest BCUT2D eigenvalue weighted by molar-refractivity contribution is 5.96. The number of rotatable bonds is 6. The Bertz CT molecular complexity index is 460. The van der Waals surface area contributed by atoms with Gasteiger partial charge in [0.1, 0.15) is 0 Å². The number of esters is 1. The van der Waals surface area contributed by atoms with E-state index in [2.05, 4.69) is 10.6 Å². The molecule has 0 saturated heterocycles. The van der Waals surface area contributed by atoms with Gasteiger partial charge in [0, 0.05) is 31.4 Å². The smallest absolute Gasteiger partial charge is 0.340 e. The largest absolute Gasteiger partial charge is 0.462 e. The van der Waals surface area contributed by atoms with Crippen LogP contribution in [0.3, 0.4) is 0 Å². The maximum Gasteiger partial charge on any atom is 0.340 e. The molecule has 0 aromatic heterocycles. The number of benzene rings is 1. The SMILES string of the molecule is CCOC(=O)c1cc(N)ccc1NCCNC(C)=O. The molecule has 0 bridgehead atoms. The summed E-state index contributed by atoms with van der Waals surface area (Å²) >= 11 is 0. The number of hydrogen-bond donors (Lipinski definition) is 3. The lowest BCUT2D eigenvalue weighted by molar-refractivity contribution is -0.118. The zero-order chi connectivity index (χ0) is 14.3. The fourth-order valence-corrected chi connectivity index (χ4v) is 1.53. The van der Waals surface area contributed by atoms with Crippen molar-refractivity contribution in [3.63, 3.8) is 0 Å². The van der Waals surface area contributed by atoms with Gasteiger partial charge in [-0.05, 0) is 25.1 Å². The predicted molar refractivity (Wildman–Crippen MR) is 74.0 cm³/mol. The van der Waals surface area contributed by atoms with Crippen molar-refractivity contribution in [2.45, 2.75) is 13.8 Å². The quantitative estimate of drug-likeness (QED) is 0.405. The number of nitrogen functional groups attached to an aromatic ring is 1. The highest BCUT2D eigenvalue weighted by atomic mass is 16.5. The molecule has 1 rings (SSSR count). The van der Waals surface area contributed by atoms with Crippen LogP contribution in [0.25, 0.3) is 0 Å². The molecule has 0 radical (unpaired) electrons. The molecule has 4 N–H and O–H groups in total. The number of carbonyl (C=O) groups excluding carboxylic acids is 2. The van der Waals surface area contributed by atoms with E-state index >= 15 is 0 Å². The molecule has 0 heterocycles. The molecular weight excluding hydrogens is 246 g/mol. The Balaban J connectivity index is 2.70. The van der Waals surface area contributed by atoms with E-state index in [-0.39, 0.29) is 5.91 Å². The summed E-state index contributed by atoms with van der Waals surface area (Å²) in [6, 6.07) is 4.98. The van der Waals surface area contributed by atoms with Crippen LogP contribution in [0.1, 0.15) is 24.2 Å². The van der Waals surface area contributed by atoms with Crippen LogP contribution in [0.15, 0.2) is 18.2 Å². The van der Waals surface area contributed by atoms with Crippen LogP contribution < -0.4 is 16.4 Å². The van der Waals surface area contributed by atoms with Gasteiger partial charge in [0.25, 0.3) is 0 Å². The minimum atomic E-state index is -0.420. The Morgan fingerprint density at radius 1 is 1.32 bits per heavy atom. The van der Waals surface area contributed by atoms with Gasteiger partial charge in [0.05, 0.1) is 12.2 Å². The van der Waals surface area contributed by atoms with Crippen molar-refractivity contribution in [1.29, 1.82) is 0 Å². The lowest BCUT2D eigenvalue weighted by atomic mass is 10.1. The van der Waals surface area contributed by atoms with Crippen molar-refractivity contribution in [1.82, 2.24) is 5.32 Å². The number of anilines is 2. The first-order valence-corrected chi connectivity index (χ1v) is 6.09. The van der Waals surface area contributed by atoms with Gasteiger partial charge in [0.15, 0.2) is 0 Å². The summed E-state index contributed by atoms with van der Waals surface area (Å²) in [7, 11) is 0. The molecule has 6 nitrogen and oxygen atoms in total. The predicted octanol–water partition coefficient (Wildman–Crippen LogP) is 0.993. The van der Waals surface area contributed by atoms with E-state index < -0.39 is 5.97 Å². The van der Waals surface area contributed by atoms with Crippen LogP contribution in [0.2, 0.25) is 0 Å². The maximum absolute atomic E-state index is 11.8. The normalized spacial score (nSPS) is 9.79. The molecule has 0 aliphatic rings. The number of nitrogens with one attached hydrogen (secondary N) is 2. The molecule has 104 valence electrons. The van der Waals surface area contributed by atoms with Gasteiger partial charge >= 0.3 is 5.97 Å². The van der Waals surface area contributed by atoms with Crippen LogP contribution in [0.4, 0.5) is 11.4 Å². The molecule has 1 amide bonds.